The lowest BCUT2D eigenvalue weighted by atomic mass is 10.7. The molecule has 4 heteroatoms. The molecule has 0 aromatic carbocycles. The summed E-state index contributed by atoms with van der Waals surface area (Å²) in [6, 6.07) is 0. The third kappa shape index (κ3) is 36.1. The van der Waals surface area contributed by atoms with E-state index in [0.29, 0.717) is 5.84 Å². The average molecular weight is 108 g/mol. The van der Waals surface area contributed by atoms with Crippen LogP contribution in [0, 0.1) is 0 Å². The molecule has 0 saturated carbocycles. The number of nitrogens with two attached hydrogens (primary N) is 2. The SMILES string of the molecule is C.CC(N)=[NH+]N.O. The van der Waals surface area contributed by atoms with Gasteiger partial charge in [-0.1, -0.05) is 7.43 Å². The van der Waals surface area contributed by atoms with Gasteiger partial charge in [-0.05, 0) is 0 Å². The third-order valence-electron chi connectivity index (χ3n) is 0.228. The van der Waals surface area contributed by atoms with Crippen LogP contribution in [0.5, 0.6) is 0 Å². The molecule has 0 saturated heterocycles. The van der Waals surface area contributed by atoms with Gasteiger partial charge < -0.3 is 5.48 Å². The maximum Gasteiger partial charge on any atom is 0.259 e. The summed E-state index contributed by atoms with van der Waals surface area (Å²) in [5, 5.41) is 2.22. The van der Waals surface area contributed by atoms with Crippen LogP contribution in [0.25, 0.3) is 0 Å². The van der Waals surface area contributed by atoms with Gasteiger partial charge >= 0.3 is 0 Å². The Labute approximate surface area is 43.5 Å². The lowest BCUT2D eigenvalue weighted by Gasteiger charge is -1.68. The standard InChI is InChI=1S/C2H7N3.CH4.H2O/c1-2(3)5-4;;/h4H2,1H3,(H2,3,5);1H4;1H2/p+1. The Bertz CT molecular complexity index is 48.1. The number of rotatable bonds is 0. The quantitative estimate of drug-likeness (QED) is 0.134. The molecule has 0 atom stereocenters. The summed E-state index contributed by atoms with van der Waals surface area (Å²) >= 11 is 0. The summed E-state index contributed by atoms with van der Waals surface area (Å²) in [5.74, 6) is 5.29. The first-order valence-electron chi connectivity index (χ1n) is 1.33. The molecule has 0 amide bonds. The van der Waals surface area contributed by atoms with Crippen molar-refractivity contribution in [3.8, 4) is 0 Å². The van der Waals surface area contributed by atoms with Crippen LogP contribution in [0.3, 0.4) is 0 Å². The fourth-order valence-electron chi connectivity index (χ4n) is 0. The van der Waals surface area contributed by atoms with E-state index in [2.05, 4.69) is 5.10 Å². The van der Waals surface area contributed by atoms with E-state index in [1.165, 1.54) is 0 Å². The Balaban J connectivity index is -0.0000000800. The van der Waals surface area contributed by atoms with Gasteiger partial charge in [0.2, 0.25) is 0 Å². The summed E-state index contributed by atoms with van der Waals surface area (Å²) in [6.45, 7) is 1.68. The van der Waals surface area contributed by atoms with Gasteiger partial charge in [0.15, 0.2) is 0 Å². The van der Waals surface area contributed by atoms with E-state index >= 15 is 0 Å². The molecule has 46 valence electrons. The van der Waals surface area contributed by atoms with Crippen molar-refractivity contribution >= 4 is 5.84 Å². The molecule has 0 radical (unpaired) electrons. The fraction of sp³-hybridized carbons (Fsp3) is 0.667. The Morgan fingerprint density at radius 1 is 1.57 bits per heavy atom. The van der Waals surface area contributed by atoms with E-state index in [4.69, 9.17) is 11.6 Å². The largest absolute Gasteiger partial charge is 0.412 e. The average Bonchev–Trinajstić information content (AvgIpc) is 1.38. The Morgan fingerprint density at radius 3 is 1.71 bits per heavy atom. The topological polar surface area (TPSA) is 97.5 Å². The van der Waals surface area contributed by atoms with Gasteiger partial charge in [-0.3, -0.25) is 11.6 Å². The molecule has 0 aromatic rings. The van der Waals surface area contributed by atoms with Gasteiger partial charge in [0.05, 0.1) is 0 Å². The summed E-state index contributed by atoms with van der Waals surface area (Å²) in [7, 11) is 0. The third-order valence-corrected chi connectivity index (χ3v) is 0.228. The molecule has 0 aromatic heterocycles. The Kier molecular flexibility index (Phi) is 20.9. The first-order chi connectivity index (χ1) is 2.27. The molecule has 4 nitrogen and oxygen atoms in total. The van der Waals surface area contributed by atoms with Crippen molar-refractivity contribution in [2.45, 2.75) is 14.4 Å². The minimum atomic E-state index is 0. The number of hydrogen-bond donors (Lipinski definition) is 3. The molecule has 7 heavy (non-hydrogen) atoms. The second-order valence-corrected chi connectivity index (χ2v) is 0.827. The molecule has 0 unspecified atom stereocenters. The highest BCUT2D eigenvalue weighted by atomic mass is 16.0. The lowest BCUT2D eigenvalue weighted by molar-refractivity contribution is -0.470. The van der Waals surface area contributed by atoms with Gasteiger partial charge in [0, 0.05) is 6.92 Å². The van der Waals surface area contributed by atoms with Crippen LogP contribution >= 0.6 is 0 Å². The van der Waals surface area contributed by atoms with Crippen molar-refractivity contribution in [3.63, 3.8) is 0 Å². The highest BCUT2D eigenvalue weighted by Gasteiger charge is 1.72. The molecule has 0 fully saturated rings. The van der Waals surface area contributed by atoms with Crippen molar-refractivity contribution in [1.29, 1.82) is 0 Å². The number of nitrogens with one attached hydrogen (secondary N) is 1. The van der Waals surface area contributed by atoms with Crippen molar-refractivity contribution in [3.05, 3.63) is 0 Å². The van der Waals surface area contributed by atoms with Crippen LogP contribution in [0.15, 0.2) is 0 Å². The smallest absolute Gasteiger partial charge is 0.259 e. The number of hydrazone groups is 1. The normalized spacial score (nSPS) is 8.43. The molecule has 0 rings (SSSR count). The molecule has 7 N–H and O–H groups in total. The second-order valence-electron chi connectivity index (χ2n) is 0.827. The van der Waals surface area contributed by atoms with Crippen LogP contribution in [-0.4, -0.2) is 11.3 Å². The minimum Gasteiger partial charge on any atom is -0.412 e. The predicted octanol–water partition coefficient (Wildman–Crippen LogP) is -2.87. The second kappa shape index (κ2) is 8.97. The van der Waals surface area contributed by atoms with E-state index in [1.54, 1.807) is 6.92 Å². The molecule has 0 bridgehead atoms. The zero-order valence-corrected chi connectivity index (χ0v) is 3.65. The Morgan fingerprint density at radius 2 is 1.71 bits per heavy atom. The van der Waals surface area contributed by atoms with Crippen molar-refractivity contribution in [2.24, 2.45) is 11.6 Å². The van der Waals surface area contributed by atoms with Crippen LogP contribution < -0.4 is 16.7 Å². The van der Waals surface area contributed by atoms with Crippen LogP contribution in [0.1, 0.15) is 14.4 Å². The summed E-state index contributed by atoms with van der Waals surface area (Å²) < 4.78 is 0. The van der Waals surface area contributed by atoms with Crippen LogP contribution in [0.2, 0.25) is 0 Å². The first kappa shape index (κ1) is 16.3. The predicted molar refractivity (Wildman–Crippen MR) is 30.4 cm³/mol. The van der Waals surface area contributed by atoms with E-state index in [-0.39, 0.29) is 12.9 Å². The van der Waals surface area contributed by atoms with Gasteiger partial charge in [0.1, 0.15) is 0 Å². The summed E-state index contributed by atoms with van der Waals surface area (Å²) in [5.41, 5.74) is 4.97. The maximum absolute atomic E-state index is 4.97. The maximum atomic E-state index is 4.97. The molecular weight excluding hydrogens is 94.1 g/mol. The van der Waals surface area contributed by atoms with Crippen molar-refractivity contribution < 1.29 is 10.6 Å². The van der Waals surface area contributed by atoms with E-state index in [9.17, 15) is 0 Å². The van der Waals surface area contributed by atoms with E-state index < -0.39 is 0 Å². The fourth-order valence-corrected chi connectivity index (χ4v) is 0. The van der Waals surface area contributed by atoms with Gasteiger partial charge in [-0.2, -0.15) is 5.10 Å². The number of hydrogen-bond acceptors (Lipinski definition) is 1. The zero-order chi connectivity index (χ0) is 4.28. The van der Waals surface area contributed by atoms with Crippen molar-refractivity contribution in [1.82, 2.24) is 0 Å². The van der Waals surface area contributed by atoms with Gasteiger partial charge in [0.25, 0.3) is 5.84 Å². The summed E-state index contributed by atoms with van der Waals surface area (Å²) in [6.07, 6.45) is 0. The molecule has 0 heterocycles. The van der Waals surface area contributed by atoms with Crippen molar-refractivity contribution in [2.75, 3.05) is 0 Å². The highest BCUT2D eigenvalue weighted by molar-refractivity contribution is 5.70. The number of amidine groups is 1. The molecule has 0 spiro atoms. The monoisotopic (exact) mass is 108 g/mol. The van der Waals surface area contributed by atoms with E-state index in [1.807, 2.05) is 0 Å². The zero-order valence-electron chi connectivity index (χ0n) is 3.65. The molecule has 0 aliphatic heterocycles. The lowest BCUT2D eigenvalue weighted by Crippen LogP contribution is -2.81. The highest BCUT2D eigenvalue weighted by Crippen LogP contribution is 1.25. The van der Waals surface area contributed by atoms with E-state index in [0.717, 1.165) is 0 Å². The summed E-state index contributed by atoms with van der Waals surface area (Å²) in [4.78, 5) is 0. The first-order valence-corrected chi connectivity index (χ1v) is 1.33. The van der Waals surface area contributed by atoms with Crippen LogP contribution in [0.4, 0.5) is 0 Å². The van der Waals surface area contributed by atoms with Gasteiger partial charge in [-0.25, -0.2) is 0 Å². The number of hydrazine groups is 1. The Hall–Kier alpha value is -0.770. The van der Waals surface area contributed by atoms with Gasteiger partial charge in [-0.15, -0.1) is 0 Å². The minimum absolute atomic E-state index is 0. The molecule has 0 aliphatic rings. The molecular formula is C3H14N3O+. The molecule has 0 aliphatic carbocycles. The van der Waals surface area contributed by atoms with Crippen LogP contribution in [-0.2, 0) is 0 Å².